The SMILES string of the molecule is CC1(C)CC(=O)C2=C(C1)Nc1[nH][nH]c(=O)c1[C@@H]2c1cccc(O)c1. The Balaban J connectivity index is 1.96. The van der Waals surface area contributed by atoms with Crippen molar-refractivity contribution >= 4 is 11.6 Å². The first-order valence-electron chi connectivity index (χ1n) is 7.98. The number of aromatic nitrogens is 2. The summed E-state index contributed by atoms with van der Waals surface area (Å²) in [5, 5.41) is 18.5. The fourth-order valence-electron chi connectivity index (χ4n) is 3.86. The maximum Gasteiger partial charge on any atom is 0.270 e. The molecule has 0 radical (unpaired) electrons. The summed E-state index contributed by atoms with van der Waals surface area (Å²) >= 11 is 0. The summed E-state index contributed by atoms with van der Waals surface area (Å²) in [6.45, 7) is 4.13. The fourth-order valence-corrected chi connectivity index (χ4v) is 3.86. The van der Waals surface area contributed by atoms with Crippen LogP contribution in [0.4, 0.5) is 5.82 Å². The number of H-pyrrole nitrogens is 2. The van der Waals surface area contributed by atoms with E-state index < -0.39 is 5.92 Å². The lowest BCUT2D eigenvalue weighted by atomic mass is 9.69. The molecule has 2 aliphatic rings. The number of aromatic amines is 2. The molecule has 0 fully saturated rings. The van der Waals surface area contributed by atoms with E-state index in [1.54, 1.807) is 18.2 Å². The summed E-state index contributed by atoms with van der Waals surface area (Å²) in [6, 6.07) is 6.76. The number of hydrogen-bond acceptors (Lipinski definition) is 4. The molecule has 4 rings (SSSR count). The van der Waals surface area contributed by atoms with Crippen LogP contribution in [0.25, 0.3) is 0 Å². The number of aromatic hydroxyl groups is 1. The quantitative estimate of drug-likeness (QED) is 0.648. The highest BCUT2D eigenvalue weighted by atomic mass is 16.3. The minimum Gasteiger partial charge on any atom is -0.508 e. The summed E-state index contributed by atoms with van der Waals surface area (Å²) in [5.41, 5.74) is 2.34. The maximum atomic E-state index is 12.9. The van der Waals surface area contributed by atoms with Crippen molar-refractivity contribution in [2.75, 3.05) is 5.32 Å². The van der Waals surface area contributed by atoms with Crippen LogP contribution in [0.1, 0.15) is 43.7 Å². The van der Waals surface area contributed by atoms with Crippen molar-refractivity contribution in [3.63, 3.8) is 0 Å². The molecule has 1 aliphatic heterocycles. The topological polar surface area (TPSA) is 98.0 Å². The van der Waals surface area contributed by atoms with Gasteiger partial charge in [0.1, 0.15) is 11.6 Å². The van der Waals surface area contributed by atoms with Crippen molar-refractivity contribution in [2.24, 2.45) is 5.41 Å². The van der Waals surface area contributed by atoms with Crippen molar-refractivity contribution in [1.29, 1.82) is 0 Å². The van der Waals surface area contributed by atoms with Gasteiger partial charge in [-0.05, 0) is 29.5 Å². The number of carbonyl (C=O) groups is 1. The number of Topliss-reactive ketones (excluding diaryl/α,β-unsaturated/α-hetero) is 1. The van der Waals surface area contributed by atoms with Crippen LogP contribution in [0.5, 0.6) is 5.75 Å². The normalized spacial score (nSPS) is 21.9. The molecule has 6 nitrogen and oxygen atoms in total. The van der Waals surface area contributed by atoms with Gasteiger partial charge < -0.3 is 10.4 Å². The second-order valence-electron chi connectivity index (χ2n) is 7.35. The molecule has 1 aliphatic carbocycles. The Hall–Kier alpha value is -2.76. The van der Waals surface area contributed by atoms with Crippen LogP contribution < -0.4 is 10.9 Å². The molecule has 0 bridgehead atoms. The van der Waals surface area contributed by atoms with Crippen LogP contribution in [0, 0.1) is 5.41 Å². The first-order chi connectivity index (χ1) is 11.4. The van der Waals surface area contributed by atoms with Crippen LogP contribution in [0.2, 0.25) is 0 Å². The van der Waals surface area contributed by atoms with E-state index in [9.17, 15) is 14.7 Å². The Labute approximate surface area is 138 Å². The fraction of sp³-hybridized carbons (Fsp3) is 0.333. The van der Waals surface area contributed by atoms with Gasteiger partial charge in [0.2, 0.25) is 0 Å². The number of hydrogen-bond donors (Lipinski definition) is 4. The standard InChI is InChI=1S/C18H19N3O3/c1-18(2)7-11-14(12(23)8-18)13(9-4-3-5-10(22)6-9)15-16(19-11)20-21-17(15)24/h3-6,13,22H,7-8H2,1-2H3,(H3,19,20,21,24)/t13-/m1/s1. The van der Waals surface area contributed by atoms with Crippen molar-refractivity contribution < 1.29 is 9.90 Å². The average molecular weight is 325 g/mol. The Kier molecular flexibility index (Phi) is 3.00. The van der Waals surface area contributed by atoms with Crippen LogP contribution in [-0.4, -0.2) is 21.1 Å². The van der Waals surface area contributed by atoms with Crippen molar-refractivity contribution in [3.8, 4) is 5.75 Å². The number of fused-ring (bicyclic) bond motifs is 1. The molecule has 1 aromatic carbocycles. The number of phenols is 1. The first kappa shape index (κ1) is 14.8. The molecule has 0 spiro atoms. The Bertz CT molecular complexity index is 933. The largest absolute Gasteiger partial charge is 0.508 e. The van der Waals surface area contributed by atoms with Gasteiger partial charge in [-0.2, -0.15) is 0 Å². The molecule has 2 aromatic rings. The summed E-state index contributed by atoms with van der Waals surface area (Å²) in [6.07, 6.45) is 1.18. The number of allylic oxidation sites excluding steroid dienone is 2. The van der Waals surface area contributed by atoms with E-state index in [1.165, 1.54) is 0 Å². The monoisotopic (exact) mass is 325 g/mol. The first-order valence-corrected chi connectivity index (χ1v) is 7.98. The third-order valence-corrected chi connectivity index (χ3v) is 4.79. The van der Waals surface area contributed by atoms with Crippen LogP contribution in [0.3, 0.4) is 0 Å². The zero-order chi connectivity index (χ0) is 17.1. The molecule has 1 atom stereocenters. The minimum absolute atomic E-state index is 0.0494. The molecule has 24 heavy (non-hydrogen) atoms. The van der Waals surface area contributed by atoms with E-state index in [-0.39, 0.29) is 22.5 Å². The van der Waals surface area contributed by atoms with Gasteiger partial charge in [-0.25, -0.2) is 0 Å². The van der Waals surface area contributed by atoms with Gasteiger partial charge in [-0.15, -0.1) is 0 Å². The van der Waals surface area contributed by atoms with Crippen LogP contribution in [-0.2, 0) is 4.79 Å². The van der Waals surface area contributed by atoms with E-state index in [0.717, 1.165) is 17.7 Å². The van der Waals surface area contributed by atoms with Crippen LogP contribution in [0.15, 0.2) is 40.3 Å². The molecule has 124 valence electrons. The lowest BCUT2D eigenvalue weighted by Gasteiger charge is -2.37. The molecular weight excluding hydrogens is 306 g/mol. The van der Waals surface area contributed by atoms with Gasteiger partial charge in [-0.3, -0.25) is 19.8 Å². The second kappa shape index (κ2) is 4.87. The molecule has 0 saturated carbocycles. The lowest BCUT2D eigenvalue weighted by molar-refractivity contribution is -0.118. The smallest absolute Gasteiger partial charge is 0.270 e. The van der Waals surface area contributed by atoms with Crippen LogP contribution >= 0.6 is 0 Å². The van der Waals surface area contributed by atoms with Gasteiger partial charge >= 0.3 is 0 Å². The third-order valence-electron chi connectivity index (χ3n) is 4.79. The highest BCUT2D eigenvalue weighted by Crippen LogP contribution is 2.47. The number of ketones is 1. The summed E-state index contributed by atoms with van der Waals surface area (Å²) in [5.74, 6) is 0.290. The molecule has 0 saturated heterocycles. The second-order valence-corrected chi connectivity index (χ2v) is 7.35. The average Bonchev–Trinajstić information content (AvgIpc) is 2.85. The zero-order valence-electron chi connectivity index (χ0n) is 13.6. The van der Waals surface area contributed by atoms with E-state index >= 15 is 0 Å². The molecular formula is C18H19N3O3. The van der Waals surface area contributed by atoms with E-state index in [1.807, 2.05) is 6.07 Å². The molecule has 4 N–H and O–H groups in total. The van der Waals surface area contributed by atoms with Gasteiger partial charge in [0.05, 0.1) is 5.56 Å². The Morgan fingerprint density at radius 3 is 2.71 bits per heavy atom. The summed E-state index contributed by atoms with van der Waals surface area (Å²) in [7, 11) is 0. The number of benzene rings is 1. The minimum atomic E-state index is -0.470. The van der Waals surface area contributed by atoms with Gasteiger partial charge in [-0.1, -0.05) is 26.0 Å². The summed E-state index contributed by atoms with van der Waals surface area (Å²) < 4.78 is 0. The van der Waals surface area contributed by atoms with Crippen molar-refractivity contribution in [3.05, 3.63) is 57.0 Å². The number of carbonyl (C=O) groups excluding carboxylic acids is 1. The van der Waals surface area contributed by atoms with E-state index in [2.05, 4.69) is 29.4 Å². The predicted octanol–water partition coefficient (Wildman–Crippen LogP) is 2.61. The third kappa shape index (κ3) is 2.18. The van der Waals surface area contributed by atoms with Crippen molar-refractivity contribution in [2.45, 2.75) is 32.6 Å². The number of nitrogens with one attached hydrogen (secondary N) is 3. The zero-order valence-corrected chi connectivity index (χ0v) is 13.6. The highest BCUT2D eigenvalue weighted by molar-refractivity contribution is 6.01. The molecule has 0 unspecified atom stereocenters. The number of phenolic OH excluding ortho intramolecular Hbond substituents is 1. The molecule has 1 aromatic heterocycles. The number of anilines is 1. The van der Waals surface area contributed by atoms with E-state index in [4.69, 9.17) is 0 Å². The molecule has 2 heterocycles. The number of rotatable bonds is 1. The van der Waals surface area contributed by atoms with E-state index in [0.29, 0.717) is 23.4 Å². The predicted molar refractivity (Wildman–Crippen MR) is 90.0 cm³/mol. The maximum absolute atomic E-state index is 12.9. The molecule has 0 amide bonds. The van der Waals surface area contributed by atoms with Crippen molar-refractivity contribution in [1.82, 2.24) is 10.2 Å². The van der Waals surface area contributed by atoms with Gasteiger partial charge in [0.15, 0.2) is 5.78 Å². The van der Waals surface area contributed by atoms with Gasteiger partial charge in [0.25, 0.3) is 5.56 Å². The lowest BCUT2D eigenvalue weighted by Crippen LogP contribution is -2.34. The highest BCUT2D eigenvalue weighted by Gasteiger charge is 2.42. The van der Waals surface area contributed by atoms with Gasteiger partial charge in [0, 0.05) is 23.6 Å². The Morgan fingerprint density at radius 2 is 1.96 bits per heavy atom. The molecule has 6 heteroatoms. The Morgan fingerprint density at radius 1 is 1.17 bits per heavy atom. The summed E-state index contributed by atoms with van der Waals surface area (Å²) in [4.78, 5) is 25.2.